The summed E-state index contributed by atoms with van der Waals surface area (Å²) in [4.78, 5) is 4.40. The number of aliphatic hydroxyl groups excluding tert-OH is 1. The molecular weight excluding hydrogens is 232 g/mol. The Hall–Kier alpha value is -1.39. The quantitative estimate of drug-likeness (QED) is 0.855. The van der Waals surface area contributed by atoms with Gasteiger partial charge in [0.2, 0.25) is 0 Å². The second-order valence-corrected chi connectivity index (χ2v) is 4.94. The van der Waals surface area contributed by atoms with E-state index in [-0.39, 0.29) is 6.61 Å². The van der Waals surface area contributed by atoms with Gasteiger partial charge in [-0.25, -0.2) is 4.98 Å². The molecular formula is C13H16N2OS. The fourth-order valence-electron chi connectivity index (χ4n) is 1.60. The Kier molecular flexibility index (Phi) is 4.12. The van der Waals surface area contributed by atoms with Crippen molar-refractivity contribution in [1.82, 2.24) is 4.98 Å². The number of nitrogens with one attached hydrogen (secondary N) is 1. The molecule has 0 aliphatic heterocycles. The summed E-state index contributed by atoms with van der Waals surface area (Å²) in [6.45, 7) is 2.96. The molecule has 0 saturated heterocycles. The fourth-order valence-corrected chi connectivity index (χ4v) is 2.21. The van der Waals surface area contributed by atoms with E-state index in [4.69, 9.17) is 5.11 Å². The van der Waals surface area contributed by atoms with E-state index in [0.29, 0.717) is 6.42 Å². The van der Waals surface area contributed by atoms with Crippen LogP contribution in [-0.4, -0.2) is 16.7 Å². The van der Waals surface area contributed by atoms with Gasteiger partial charge in [-0.1, -0.05) is 12.1 Å². The normalized spacial score (nSPS) is 10.5. The predicted molar refractivity (Wildman–Crippen MR) is 71.4 cm³/mol. The van der Waals surface area contributed by atoms with Crippen LogP contribution in [0, 0.1) is 6.92 Å². The predicted octanol–water partition coefficient (Wildman–Crippen LogP) is 2.60. The largest absolute Gasteiger partial charge is 0.396 e. The molecule has 1 aromatic carbocycles. The van der Waals surface area contributed by atoms with Gasteiger partial charge in [0.25, 0.3) is 0 Å². The summed E-state index contributed by atoms with van der Waals surface area (Å²) in [6, 6.07) is 8.13. The van der Waals surface area contributed by atoms with Crippen molar-refractivity contribution in [2.24, 2.45) is 0 Å². The zero-order valence-electron chi connectivity index (χ0n) is 9.81. The molecule has 4 heteroatoms. The summed E-state index contributed by atoms with van der Waals surface area (Å²) in [5.41, 5.74) is 3.31. The summed E-state index contributed by atoms with van der Waals surface area (Å²) in [5.74, 6) is 0. The van der Waals surface area contributed by atoms with Gasteiger partial charge in [-0.05, 0) is 31.0 Å². The summed E-state index contributed by atoms with van der Waals surface area (Å²) in [6.07, 6.45) is 0.714. The van der Waals surface area contributed by atoms with Crippen LogP contribution in [0.25, 0.3) is 0 Å². The molecule has 17 heavy (non-hydrogen) atoms. The van der Waals surface area contributed by atoms with Crippen LogP contribution in [0.3, 0.4) is 0 Å². The van der Waals surface area contributed by atoms with Crippen LogP contribution in [-0.2, 0) is 13.0 Å². The maximum absolute atomic E-state index is 8.82. The van der Waals surface area contributed by atoms with Gasteiger partial charge in [-0.3, -0.25) is 0 Å². The Labute approximate surface area is 105 Å². The van der Waals surface area contributed by atoms with Crippen molar-refractivity contribution < 1.29 is 5.11 Å². The first-order chi connectivity index (χ1) is 8.28. The first-order valence-electron chi connectivity index (χ1n) is 5.62. The van der Waals surface area contributed by atoms with E-state index in [1.54, 1.807) is 11.3 Å². The number of benzene rings is 1. The van der Waals surface area contributed by atoms with Crippen LogP contribution in [0.1, 0.15) is 16.3 Å². The van der Waals surface area contributed by atoms with E-state index < -0.39 is 0 Å². The van der Waals surface area contributed by atoms with Crippen molar-refractivity contribution in [3.63, 3.8) is 0 Å². The molecule has 2 rings (SSSR count). The lowest BCUT2D eigenvalue weighted by molar-refractivity contribution is 0.299. The molecule has 0 bridgehead atoms. The van der Waals surface area contributed by atoms with Crippen LogP contribution in [0.2, 0.25) is 0 Å². The molecule has 90 valence electrons. The lowest BCUT2D eigenvalue weighted by Gasteiger charge is -2.05. The number of anilines is 1. The highest BCUT2D eigenvalue weighted by atomic mass is 32.1. The molecule has 0 spiro atoms. The highest BCUT2D eigenvalue weighted by Gasteiger charge is 1.98. The molecule has 0 radical (unpaired) electrons. The fraction of sp³-hybridized carbons (Fsp3) is 0.308. The minimum absolute atomic E-state index is 0.199. The van der Waals surface area contributed by atoms with E-state index in [0.717, 1.165) is 28.5 Å². The molecule has 0 aliphatic carbocycles. The van der Waals surface area contributed by atoms with E-state index in [2.05, 4.69) is 15.7 Å². The smallest absolute Gasteiger partial charge is 0.0898 e. The van der Waals surface area contributed by atoms with E-state index >= 15 is 0 Å². The van der Waals surface area contributed by atoms with Crippen LogP contribution in [0.15, 0.2) is 29.6 Å². The summed E-state index contributed by atoms with van der Waals surface area (Å²) in [7, 11) is 0. The number of aliphatic hydroxyl groups is 1. The van der Waals surface area contributed by atoms with Gasteiger partial charge in [0.1, 0.15) is 0 Å². The van der Waals surface area contributed by atoms with Gasteiger partial charge in [0.15, 0.2) is 0 Å². The first kappa shape index (κ1) is 12.1. The molecule has 2 N–H and O–H groups in total. The van der Waals surface area contributed by atoms with Crippen LogP contribution >= 0.6 is 11.3 Å². The Morgan fingerprint density at radius 2 is 2.06 bits per heavy atom. The van der Waals surface area contributed by atoms with Crippen LogP contribution in [0.4, 0.5) is 5.69 Å². The highest BCUT2D eigenvalue weighted by molar-refractivity contribution is 7.09. The van der Waals surface area contributed by atoms with Gasteiger partial charge in [0, 0.05) is 17.7 Å². The monoisotopic (exact) mass is 248 g/mol. The lowest BCUT2D eigenvalue weighted by atomic mass is 10.1. The van der Waals surface area contributed by atoms with E-state index in [1.807, 2.05) is 31.2 Å². The number of rotatable bonds is 5. The minimum Gasteiger partial charge on any atom is -0.396 e. The molecule has 2 aromatic rings. The minimum atomic E-state index is 0.199. The number of thiazole rings is 1. The third-order valence-electron chi connectivity index (χ3n) is 2.49. The van der Waals surface area contributed by atoms with Gasteiger partial charge < -0.3 is 10.4 Å². The molecule has 0 amide bonds. The maximum Gasteiger partial charge on any atom is 0.0898 e. The SMILES string of the molecule is Cc1nc(CNc2ccc(CCO)cc2)cs1. The van der Waals surface area contributed by atoms with E-state index in [9.17, 15) is 0 Å². The second kappa shape index (κ2) is 5.80. The van der Waals surface area contributed by atoms with Gasteiger partial charge in [-0.2, -0.15) is 0 Å². The Morgan fingerprint density at radius 1 is 1.29 bits per heavy atom. The topological polar surface area (TPSA) is 45.2 Å². The Balaban J connectivity index is 1.90. The maximum atomic E-state index is 8.82. The molecule has 0 atom stereocenters. The average molecular weight is 248 g/mol. The summed E-state index contributed by atoms with van der Waals surface area (Å²) < 4.78 is 0. The van der Waals surface area contributed by atoms with Crippen LogP contribution < -0.4 is 5.32 Å². The number of hydrogen-bond acceptors (Lipinski definition) is 4. The van der Waals surface area contributed by atoms with E-state index in [1.165, 1.54) is 0 Å². The van der Waals surface area contributed by atoms with Crippen molar-refractivity contribution in [3.05, 3.63) is 45.9 Å². The lowest BCUT2D eigenvalue weighted by Crippen LogP contribution is -2.00. The van der Waals surface area contributed by atoms with Crippen LogP contribution in [0.5, 0.6) is 0 Å². The number of nitrogens with zero attached hydrogens (tertiary/aromatic N) is 1. The third-order valence-corrected chi connectivity index (χ3v) is 3.32. The molecule has 1 heterocycles. The zero-order chi connectivity index (χ0) is 12.1. The highest BCUT2D eigenvalue weighted by Crippen LogP contribution is 2.13. The number of hydrogen-bond donors (Lipinski definition) is 2. The summed E-state index contributed by atoms with van der Waals surface area (Å²) >= 11 is 1.67. The standard InChI is InChI=1S/C13H16N2OS/c1-10-15-13(9-17-10)8-14-12-4-2-11(3-5-12)6-7-16/h2-5,9,14,16H,6-8H2,1H3. The van der Waals surface area contributed by atoms with Gasteiger partial charge in [-0.15, -0.1) is 11.3 Å². The van der Waals surface area contributed by atoms with Crippen molar-refractivity contribution >= 4 is 17.0 Å². The van der Waals surface area contributed by atoms with Crippen molar-refractivity contribution in [2.45, 2.75) is 19.9 Å². The molecule has 0 aliphatic rings. The molecule has 1 aromatic heterocycles. The Bertz CT molecular complexity index is 465. The molecule has 0 fully saturated rings. The Morgan fingerprint density at radius 3 is 2.65 bits per heavy atom. The zero-order valence-corrected chi connectivity index (χ0v) is 10.6. The molecule has 0 saturated carbocycles. The number of aryl methyl sites for hydroxylation is 1. The first-order valence-corrected chi connectivity index (χ1v) is 6.50. The molecule has 0 unspecified atom stereocenters. The van der Waals surface area contributed by atoms with Crippen molar-refractivity contribution in [3.8, 4) is 0 Å². The van der Waals surface area contributed by atoms with Crippen molar-refractivity contribution in [1.29, 1.82) is 0 Å². The van der Waals surface area contributed by atoms with Gasteiger partial charge in [0.05, 0.1) is 17.2 Å². The second-order valence-electron chi connectivity index (χ2n) is 3.88. The third kappa shape index (κ3) is 3.54. The number of aromatic nitrogens is 1. The summed E-state index contributed by atoms with van der Waals surface area (Å²) in [5, 5.41) is 15.3. The van der Waals surface area contributed by atoms with Gasteiger partial charge >= 0.3 is 0 Å². The van der Waals surface area contributed by atoms with Crippen molar-refractivity contribution in [2.75, 3.05) is 11.9 Å². The average Bonchev–Trinajstić information content (AvgIpc) is 2.75. The molecule has 3 nitrogen and oxygen atoms in total.